The second-order valence-electron chi connectivity index (χ2n) is 9.39. The Labute approximate surface area is 219 Å². The molecule has 0 saturated carbocycles. The van der Waals surface area contributed by atoms with E-state index in [1.165, 1.54) is 18.2 Å². The number of pyridine rings is 1. The molecule has 3 aliphatic heterocycles. The number of hydrogen-bond donors (Lipinski definition) is 3. The fourth-order valence-electron chi connectivity index (χ4n) is 4.69. The molecule has 2 aromatic rings. The van der Waals surface area contributed by atoms with E-state index in [2.05, 4.69) is 37.5 Å². The molecule has 0 radical (unpaired) electrons. The molecule has 4 heterocycles. The van der Waals surface area contributed by atoms with Crippen molar-refractivity contribution in [3.63, 3.8) is 0 Å². The second-order valence-corrected chi connectivity index (χ2v) is 9.39. The number of carbonyl (C=O) groups excluding carboxylic acids is 3. The number of carbonyl (C=O) groups is 3. The maximum Gasteiger partial charge on any atom is 0.323 e. The fourth-order valence-corrected chi connectivity index (χ4v) is 4.69. The van der Waals surface area contributed by atoms with Gasteiger partial charge >= 0.3 is 6.03 Å². The molecule has 38 heavy (non-hydrogen) atoms. The summed E-state index contributed by atoms with van der Waals surface area (Å²) in [5, 5.41) is 17.9. The van der Waals surface area contributed by atoms with Crippen molar-refractivity contribution in [3.8, 4) is 17.6 Å². The molecule has 0 spiro atoms. The highest BCUT2D eigenvalue weighted by atomic mass is 16.5. The number of amidine groups is 1. The lowest BCUT2D eigenvalue weighted by atomic mass is 9.99. The summed E-state index contributed by atoms with van der Waals surface area (Å²) >= 11 is 0. The van der Waals surface area contributed by atoms with Crippen LogP contribution in [-0.4, -0.2) is 101 Å². The third kappa shape index (κ3) is 4.71. The van der Waals surface area contributed by atoms with Crippen LogP contribution in [0.5, 0.6) is 5.75 Å². The molecule has 196 valence electrons. The third-order valence-electron chi connectivity index (χ3n) is 6.88. The van der Waals surface area contributed by atoms with Crippen molar-refractivity contribution in [2.75, 3.05) is 46.9 Å². The summed E-state index contributed by atoms with van der Waals surface area (Å²) in [6, 6.07) is 7.93. The number of rotatable bonds is 4. The molecule has 3 aliphatic rings. The summed E-state index contributed by atoms with van der Waals surface area (Å²) in [4.78, 5) is 48.0. The maximum atomic E-state index is 13.1. The molecule has 5 rings (SSSR count). The quantitative estimate of drug-likeness (QED) is 0.129. The zero-order chi connectivity index (χ0) is 26.9. The number of fused-ring (bicyclic) bond motifs is 1. The molecule has 1 unspecified atom stereocenters. The number of nitrogens with zero attached hydrogens (tertiary/aromatic N) is 5. The number of oxime groups is 1. The Kier molecular flexibility index (Phi) is 6.61. The van der Waals surface area contributed by atoms with Crippen LogP contribution < -0.4 is 15.4 Å². The van der Waals surface area contributed by atoms with Crippen molar-refractivity contribution in [3.05, 3.63) is 58.9 Å². The van der Waals surface area contributed by atoms with Gasteiger partial charge in [0.1, 0.15) is 11.4 Å². The fraction of sp³-hybridized carbons (Fsp3) is 0.346. The van der Waals surface area contributed by atoms with E-state index in [0.29, 0.717) is 41.5 Å². The van der Waals surface area contributed by atoms with Crippen LogP contribution in [0.4, 0.5) is 4.79 Å². The van der Waals surface area contributed by atoms with E-state index in [-0.39, 0.29) is 19.0 Å². The molecule has 12 nitrogen and oxygen atoms in total. The van der Waals surface area contributed by atoms with Gasteiger partial charge in [0.05, 0.1) is 13.7 Å². The SMILES string of the molecule is COc1ccc2c(c1)C(=O)N(CC1(C#Cc3ccc(C(=NO)N4CCN(C)CC4)nc3)NC(=O)NC1=O)C2. The molecule has 0 bridgehead atoms. The van der Waals surface area contributed by atoms with Crippen molar-refractivity contribution in [2.24, 2.45) is 5.16 Å². The molecular weight excluding hydrogens is 490 g/mol. The lowest BCUT2D eigenvalue weighted by Gasteiger charge is -2.33. The van der Waals surface area contributed by atoms with Crippen molar-refractivity contribution >= 4 is 23.7 Å². The number of nitrogens with one attached hydrogen (secondary N) is 2. The van der Waals surface area contributed by atoms with Gasteiger partial charge in [-0.3, -0.25) is 19.9 Å². The van der Waals surface area contributed by atoms with E-state index in [9.17, 15) is 19.6 Å². The van der Waals surface area contributed by atoms with Crippen molar-refractivity contribution < 1.29 is 24.3 Å². The Morgan fingerprint density at radius 1 is 1.18 bits per heavy atom. The van der Waals surface area contributed by atoms with Gasteiger partial charge in [-0.2, -0.15) is 0 Å². The van der Waals surface area contributed by atoms with Crippen molar-refractivity contribution in [1.29, 1.82) is 0 Å². The summed E-state index contributed by atoms with van der Waals surface area (Å²) in [7, 11) is 3.56. The van der Waals surface area contributed by atoms with Gasteiger partial charge < -0.3 is 30.0 Å². The molecule has 4 amide bonds. The Morgan fingerprint density at radius 3 is 2.61 bits per heavy atom. The zero-order valence-electron chi connectivity index (χ0n) is 21.0. The average Bonchev–Trinajstić information content (AvgIpc) is 3.38. The molecule has 1 aromatic heterocycles. The Bertz CT molecular complexity index is 1370. The van der Waals surface area contributed by atoms with Gasteiger partial charge in [-0.1, -0.05) is 23.1 Å². The number of benzene rings is 1. The van der Waals surface area contributed by atoms with Gasteiger partial charge in [-0.05, 0) is 36.9 Å². The number of urea groups is 1. The Balaban J connectivity index is 1.36. The van der Waals surface area contributed by atoms with Crippen LogP contribution in [0.25, 0.3) is 0 Å². The van der Waals surface area contributed by atoms with E-state index < -0.39 is 17.5 Å². The maximum absolute atomic E-state index is 13.1. The average molecular weight is 518 g/mol. The summed E-state index contributed by atoms with van der Waals surface area (Å²) in [6.45, 7) is 3.25. The van der Waals surface area contributed by atoms with Crippen LogP contribution in [0, 0.1) is 11.8 Å². The van der Waals surface area contributed by atoms with Gasteiger partial charge in [0, 0.05) is 50.0 Å². The van der Waals surface area contributed by atoms with Crippen molar-refractivity contribution in [1.82, 2.24) is 30.3 Å². The normalized spacial score (nSPS) is 21.5. The summed E-state index contributed by atoms with van der Waals surface area (Å²) < 4.78 is 5.22. The van der Waals surface area contributed by atoms with Crippen molar-refractivity contribution in [2.45, 2.75) is 12.1 Å². The van der Waals surface area contributed by atoms with Crippen LogP contribution >= 0.6 is 0 Å². The van der Waals surface area contributed by atoms with E-state index >= 15 is 0 Å². The van der Waals surface area contributed by atoms with Gasteiger partial charge in [0.25, 0.3) is 11.8 Å². The van der Waals surface area contributed by atoms with Crippen LogP contribution in [0.2, 0.25) is 0 Å². The smallest absolute Gasteiger partial charge is 0.323 e. The van der Waals surface area contributed by atoms with E-state index in [0.717, 1.165) is 18.7 Å². The minimum atomic E-state index is -1.63. The summed E-state index contributed by atoms with van der Waals surface area (Å²) in [6.07, 6.45) is 1.51. The minimum absolute atomic E-state index is 0.135. The third-order valence-corrected chi connectivity index (χ3v) is 6.88. The van der Waals surface area contributed by atoms with Crippen LogP contribution in [-0.2, 0) is 11.3 Å². The van der Waals surface area contributed by atoms with Gasteiger partial charge in [0.2, 0.25) is 5.54 Å². The lowest BCUT2D eigenvalue weighted by Crippen LogP contribution is -2.54. The van der Waals surface area contributed by atoms with Gasteiger partial charge in [0.15, 0.2) is 5.84 Å². The number of piperazine rings is 1. The molecule has 2 saturated heterocycles. The molecule has 1 atom stereocenters. The molecule has 1 aromatic carbocycles. The first kappa shape index (κ1) is 25.0. The molecule has 2 fully saturated rings. The first-order chi connectivity index (χ1) is 18.3. The monoisotopic (exact) mass is 517 g/mol. The van der Waals surface area contributed by atoms with E-state index in [1.54, 1.807) is 30.3 Å². The first-order valence-electron chi connectivity index (χ1n) is 12.1. The number of likely N-dealkylation sites (N-methyl/N-ethyl adjacent to an activating group) is 1. The molecule has 12 heteroatoms. The first-order valence-corrected chi connectivity index (χ1v) is 12.1. The lowest BCUT2D eigenvalue weighted by molar-refractivity contribution is -0.122. The Morgan fingerprint density at radius 2 is 1.97 bits per heavy atom. The Hall–Kier alpha value is -4.63. The highest BCUT2D eigenvalue weighted by Crippen LogP contribution is 2.28. The van der Waals surface area contributed by atoms with Crippen LogP contribution in [0.3, 0.4) is 0 Å². The van der Waals surface area contributed by atoms with Crippen LogP contribution in [0.1, 0.15) is 27.2 Å². The number of methoxy groups -OCH3 is 1. The zero-order valence-corrected chi connectivity index (χ0v) is 21.0. The van der Waals surface area contributed by atoms with Gasteiger partial charge in [-0.15, -0.1) is 0 Å². The highest BCUT2D eigenvalue weighted by Gasteiger charge is 2.48. The topological polar surface area (TPSA) is 140 Å². The minimum Gasteiger partial charge on any atom is -0.497 e. The highest BCUT2D eigenvalue weighted by molar-refractivity contribution is 6.10. The van der Waals surface area contributed by atoms with E-state index in [4.69, 9.17) is 4.74 Å². The van der Waals surface area contributed by atoms with E-state index in [1.807, 2.05) is 11.9 Å². The molecule has 3 N–H and O–H groups in total. The predicted octanol–water partition coefficient (Wildman–Crippen LogP) is 0.0591. The largest absolute Gasteiger partial charge is 0.497 e. The number of imide groups is 1. The standard InChI is InChI=1S/C26H27N7O5/c1-31-9-11-32(12-10-31)22(30-37)21-6-3-17(14-27-21)7-8-26(24(35)28-25(36)29-26)16-33-15-18-4-5-19(38-2)13-20(18)23(33)34/h3-6,13-14,37H,9-12,15-16H2,1-2H3,(H2,28,29,35,36). The molecular formula is C26H27N7O5. The number of aromatic nitrogens is 1. The second kappa shape index (κ2) is 10.0. The summed E-state index contributed by atoms with van der Waals surface area (Å²) in [5.41, 5.74) is 0.622. The van der Waals surface area contributed by atoms with Crippen LogP contribution in [0.15, 0.2) is 41.7 Å². The number of amides is 4. The summed E-state index contributed by atoms with van der Waals surface area (Å²) in [5.74, 6) is 5.80. The molecule has 0 aliphatic carbocycles. The predicted molar refractivity (Wildman–Crippen MR) is 136 cm³/mol. The number of hydrogen-bond acceptors (Lipinski definition) is 8. The number of ether oxygens (including phenoxy) is 1. The van der Waals surface area contributed by atoms with Gasteiger partial charge in [-0.25, -0.2) is 4.79 Å².